The maximum absolute atomic E-state index is 8.90. The topological polar surface area (TPSA) is 38.7 Å². The Morgan fingerprint density at radius 3 is 2.43 bits per heavy atom. The van der Waals surface area contributed by atoms with Gasteiger partial charge in [-0.1, -0.05) is 6.07 Å². The van der Waals surface area contributed by atoms with Crippen LogP contribution in [0, 0.1) is 6.92 Å². The molecule has 0 aliphatic carbocycles. The standard InChI is InChI=1S/C11H16O3/c1-8-6-9(4-5-12)11(14-3)10(7-8)13-2/h6-7,12H,4-5H2,1-3H3. The molecule has 1 aromatic carbocycles. The van der Waals surface area contributed by atoms with Crippen molar-refractivity contribution < 1.29 is 14.6 Å². The summed E-state index contributed by atoms with van der Waals surface area (Å²) in [6.07, 6.45) is 0.585. The molecule has 0 atom stereocenters. The number of aliphatic hydroxyl groups is 1. The van der Waals surface area contributed by atoms with Crippen LogP contribution in [0.3, 0.4) is 0 Å². The van der Waals surface area contributed by atoms with Gasteiger partial charge < -0.3 is 14.6 Å². The van der Waals surface area contributed by atoms with Crippen LogP contribution in [0.15, 0.2) is 12.1 Å². The molecule has 78 valence electrons. The van der Waals surface area contributed by atoms with E-state index in [2.05, 4.69) is 0 Å². The molecule has 0 unspecified atom stereocenters. The molecule has 14 heavy (non-hydrogen) atoms. The number of hydrogen-bond donors (Lipinski definition) is 1. The fourth-order valence-electron chi connectivity index (χ4n) is 1.50. The summed E-state index contributed by atoms with van der Waals surface area (Å²) in [6, 6.07) is 3.91. The van der Waals surface area contributed by atoms with E-state index in [1.54, 1.807) is 14.2 Å². The van der Waals surface area contributed by atoms with E-state index in [0.29, 0.717) is 12.2 Å². The second kappa shape index (κ2) is 4.86. The van der Waals surface area contributed by atoms with Gasteiger partial charge in [0.15, 0.2) is 11.5 Å². The summed E-state index contributed by atoms with van der Waals surface area (Å²) in [5.74, 6) is 1.43. The second-order valence-electron chi connectivity index (χ2n) is 3.13. The first kappa shape index (κ1) is 10.9. The quantitative estimate of drug-likeness (QED) is 0.794. The number of hydrogen-bond acceptors (Lipinski definition) is 3. The Bertz CT molecular complexity index is 308. The lowest BCUT2D eigenvalue weighted by molar-refractivity contribution is 0.294. The van der Waals surface area contributed by atoms with Crippen LogP contribution in [-0.4, -0.2) is 25.9 Å². The molecule has 0 amide bonds. The summed E-state index contributed by atoms with van der Waals surface area (Å²) in [7, 11) is 3.22. The summed E-state index contributed by atoms with van der Waals surface area (Å²) in [4.78, 5) is 0. The van der Waals surface area contributed by atoms with Crippen molar-refractivity contribution in [3.05, 3.63) is 23.3 Å². The van der Waals surface area contributed by atoms with Gasteiger partial charge in [-0.3, -0.25) is 0 Å². The monoisotopic (exact) mass is 196 g/mol. The highest BCUT2D eigenvalue weighted by Crippen LogP contribution is 2.32. The third-order valence-corrected chi connectivity index (χ3v) is 2.08. The molecule has 3 nitrogen and oxygen atoms in total. The molecule has 0 spiro atoms. The number of aryl methyl sites for hydroxylation is 1. The highest BCUT2D eigenvalue weighted by molar-refractivity contribution is 5.49. The molecule has 3 heteroatoms. The Morgan fingerprint density at radius 1 is 1.21 bits per heavy atom. The third-order valence-electron chi connectivity index (χ3n) is 2.08. The van der Waals surface area contributed by atoms with Gasteiger partial charge in [0.1, 0.15) is 0 Å². The van der Waals surface area contributed by atoms with Crippen molar-refractivity contribution in [1.82, 2.24) is 0 Å². The van der Waals surface area contributed by atoms with Gasteiger partial charge in [0.05, 0.1) is 14.2 Å². The Morgan fingerprint density at radius 2 is 1.93 bits per heavy atom. The maximum atomic E-state index is 8.90. The molecule has 1 rings (SSSR count). The summed E-state index contributed by atoms with van der Waals surface area (Å²) in [6.45, 7) is 2.10. The van der Waals surface area contributed by atoms with Crippen LogP contribution in [0.25, 0.3) is 0 Å². The van der Waals surface area contributed by atoms with E-state index in [1.807, 2.05) is 19.1 Å². The zero-order chi connectivity index (χ0) is 10.6. The number of aliphatic hydroxyl groups excluding tert-OH is 1. The first-order valence-corrected chi connectivity index (χ1v) is 4.55. The minimum atomic E-state index is 0.114. The lowest BCUT2D eigenvalue weighted by atomic mass is 10.1. The van der Waals surface area contributed by atoms with Gasteiger partial charge in [0.2, 0.25) is 0 Å². The minimum absolute atomic E-state index is 0.114. The minimum Gasteiger partial charge on any atom is -0.493 e. The van der Waals surface area contributed by atoms with Crippen LogP contribution >= 0.6 is 0 Å². The van der Waals surface area contributed by atoms with Crippen LogP contribution in [0.5, 0.6) is 11.5 Å². The Balaban J connectivity index is 3.17. The van der Waals surface area contributed by atoms with E-state index in [4.69, 9.17) is 14.6 Å². The van der Waals surface area contributed by atoms with Gasteiger partial charge in [-0.25, -0.2) is 0 Å². The first-order valence-electron chi connectivity index (χ1n) is 4.55. The lowest BCUT2D eigenvalue weighted by Gasteiger charge is -2.13. The van der Waals surface area contributed by atoms with Gasteiger partial charge in [0, 0.05) is 12.2 Å². The predicted octanol–water partition coefficient (Wildman–Crippen LogP) is 1.55. The number of methoxy groups -OCH3 is 2. The highest BCUT2D eigenvalue weighted by Gasteiger charge is 2.10. The second-order valence-corrected chi connectivity index (χ2v) is 3.13. The maximum Gasteiger partial charge on any atom is 0.163 e. The molecule has 0 aromatic heterocycles. The van der Waals surface area contributed by atoms with Crippen LogP contribution in [0.4, 0.5) is 0 Å². The zero-order valence-corrected chi connectivity index (χ0v) is 8.83. The number of benzene rings is 1. The van der Waals surface area contributed by atoms with Gasteiger partial charge in [-0.15, -0.1) is 0 Å². The molecule has 0 aliphatic rings. The highest BCUT2D eigenvalue weighted by atomic mass is 16.5. The fourth-order valence-corrected chi connectivity index (χ4v) is 1.50. The molecular formula is C11H16O3. The lowest BCUT2D eigenvalue weighted by Crippen LogP contribution is -1.99. The van der Waals surface area contributed by atoms with Crippen LogP contribution in [-0.2, 0) is 6.42 Å². The largest absolute Gasteiger partial charge is 0.493 e. The summed E-state index contributed by atoms with van der Waals surface area (Å²) in [5, 5.41) is 8.90. The molecule has 0 heterocycles. The van der Waals surface area contributed by atoms with Crippen molar-refractivity contribution >= 4 is 0 Å². The van der Waals surface area contributed by atoms with Crippen molar-refractivity contribution in [2.24, 2.45) is 0 Å². The predicted molar refractivity (Wildman–Crippen MR) is 55.1 cm³/mol. The molecule has 0 saturated carbocycles. The Kier molecular flexibility index (Phi) is 3.77. The van der Waals surface area contributed by atoms with Crippen molar-refractivity contribution in [3.63, 3.8) is 0 Å². The molecule has 1 N–H and O–H groups in total. The summed E-state index contributed by atoms with van der Waals surface area (Å²) >= 11 is 0. The summed E-state index contributed by atoms with van der Waals surface area (Å²) in [5.41, 5.74) is 2.08. The smallest absolute Gasteiger partial charge is 0.163 e. The van der Waals surface area contributed by atoms with Crippen molar-refractivity contribution in [3.8, 4) is 11.5 Å². The average Bonchev–Trinajstić information content (AvgIpc) is 2.17. The van der Waals surface area contributed by atoms with E-state index >= 15 is 0 Å². The molecule has 0 fully saturated rings. The van der Waals surface area contributed by atoms with Crippen molar-refractivity contribution in [1.29, 1.82) is 0 Å². The third kappa shape index (κ3) is 2.17. The van der Waals surface area contributed by atoms with Gasteiger partial charge >= 0.3 is 0 Å². The van der Waals surface area contributed by atoms with Crippen molar-refractivity contribution in [2.45, 2.75) is 13.3 Å². The van der Waals surface area contributed by atoms with E-state index in [9.17, 15) is 0 Å². The zero-order valence-electron chi connectivity index (χ0n) is 8.83. The molecule has 0 saturated heterocycles. The SMILES string of the molecule is COc1cc(C)cc(CCO)c1OC. The van der Waals surface area contributed by atoms with E-state index < -0.39 is 0 Å². The van der Waals surface area contributed by atoms with E-state index in [1.165, 1.54) is 0 Å². The fraction of sp³-hybridized carbons (Fsp3) is 0.455. The van der Waals surface area contributed by atoms with Gasteiger partial charge in [-0.2, -0.15) is 0 Å². The number of rotatable bonds is 4. The van der Waals surface area contributed by atoms with E-state index in [-0.39, 0.29) is 6.61 Å². The normalized spacial score (nSPS) is 10.0. The Labute approximate surface area is 84.3 Å². The van der Waals surface area contributed by atoms with Gasteiger partial charge in [-0.05, 0) is 25.0 Å². The molecule has 0 radical (unpaired) electrons. The van der Waals surface area contributed by atoms with Crippen LogP contribution < -0.4 is 9.47 Å². The van der Waals surface area contributed by atoms with Crippen LogP contribution in [0.2, 0.25) is 0 Å². The Hall–Kier alpha value is -1.22. The van der Waals surface area contributed by atoms with E-state index in [0.717, 1.165) is 16.9 Å². The molecule has 0 bridgehead atoms. The summed E-state index contributed by atoms with van der Waals surface area (Å²) < 4.78 is 10.4. The van der Waals surface area contributed by atoms with Crippen molar-refractivity contribution in [2.75, 3.05) is 20.8 Å². The van der Waals surface area contributed by atoms with Gasteiger partial charge in [0.25, 0.3) is 0 Å². The number of ether oxygens (including phenoxy) is 2. The first-order chi connectivity index (χ1) is 6.72. The molecular weight excluding hydrogens is 180 g/mol. The average molecular weight is 196 g/mol. The molecule has 0 aliphatic heterocycles. The molecule has 1 aromatic rings. The van der Waals surface area contributed by atoms with Crippen LogP contribution in [0.1, 0.15) is 11.1 Å².